The third kappa shape index (κ3) is 3.26. The molecule has 2 heterocycles. The maximum absolute atomic E-state index is 11.1. The van der Waals surface area contributed by atoms with Crippen LogP contribution in [0.4, 0.5) is 5.95 Å². The lowest BCUT2D eigenvalue weighted by molar-refractivity contribution is -0.114. The lowest BCUT2D eigenvalue weighted by atomic mass is 9.90. The highest BCUT2D eigenvalue weighted by Gasteiger charge is 2.18. The molecule has 21 heavy (non-hydrogen) atoms. The van der Waals surface area contributed by atoms with E-state index in [1.807, 2.05) is 0 Å². The van der Waals surface area contributed by atoms with Gasteiger partial charge in [0.25, 0.3) is 5.88 Å². The van der Waals surface area contributed by atoms with Crippen LogP contribution in [0.25, 0.3) is 11.2 Å². The van der Waals surface area contributed by atoms with Gasteiger partial charge < -0.3 is 4.74 Å². The molecule has 1 saturated carbocycles. The fraction of sp³-hybridized carbons (Fsp3) is 0.615. The van der Waals surface area contributed by atoms with E-state index in [4.69, 9.17) is 4.74 Å². The smallest absolute Gasteiger partial charge is 0.251 e. The average Bonchev–Trinajstić information content (AvgIpc) is 2.93. The number of ether oxygens (including phenoxy) is 1. The van der Waals surface area contributed by atoms with E-state index in [0.717, 1.165) is 0 Å². The first-order valence-electron chi connectivity index (χ1n) is 7.13. The quantitative estimate of drug-likeness (QED) is 0.917. The normalized spacial score (nSPS) is 16.0. The van der Waals surface area contributed by atoms with Gasteiger partial charge in [0.15, 0.2) is 0 Å². The first kappa shape index (κ1) is 13.7. The molecule has 8 heteroatoms. The molecule has 1 aliphatic rings. The van der Waals surface area contributed by atoms with Crippen LogP contribution in [0.5, 0.6) is 5.88 Å². The SMILES string of the molecule is CC(=O)Nc1nc(OCC2CCCCC2)c2nonc2n1. The van der Waals surface area contributed by atoms with Crippen LogP contribution in [-0.2, 0) is 4.79 Å². The van der Waals surface area contributed by atoms with Crippen molar-refractivity contribution in [2.45, 2.75) is 39.0 Å². The highest BCUT2D eigenvalue weighted by atomic mass is 16.6. The molecule has 8 nitrogen and oxygen atoms in total. The number of nitrogens with zero attached hydrogens (tertiary/aromatic N) is 4. The van der Waals surface area contributed by atoms with Gasteiger partial charge in [0.2, 0.25) is 23.0 Å². The van der Waals surface area contributed by atoms with Gasteiger partial charge in [-0.25, -0.2) is 4.63 Å². The number of hydrogen-bond donors (Lipinski definition) is 1. The number of fused-ring (bicyclic) bond motifs is 1. The first-order chi connectivity index (χ1) is 10.2. The van der Waals surface area contributed by atoms with Crippen molar-refractivity contribution in [3.8, 4) is 5.88 Å². The van der Waals surface area contributed by atoms with Crippen LogP contribution < -0.4 is 10.1 Å². The second-order valence-electron chi connectivity index (χ2n) is 5.29. The van der Waals surface area contributed by atoms with Crippen LogP contribution in [0, 0.1) is 5.92 Å². The second-order valence-corrected chi connectivity index (χ2v) is 5.29. The zero-order valence-electron chi connectivity index (χ0n) is 11.8. The van der Waals surface area contributed by atoms with Gasteiger partial charge in [0.1, 0.15) is 0 Å². The lowest BCUT2D eigenvalue weighted by Gasteiger charge is -2.21. The molecule has 0 spiro atoms. The van der Waals surface area contributed by atoms with E-state index in [2.05, 4.69) is 30.2 Å². The molecule has 0 unspecified atom stereocenters. The molecule has 1 aliphatic carbocycles. The summed E-state index contributed by atoms with van der Waals surface area (Å²) in [5.74, 6) is 0.719. The second kappa shape index (κ2) is 6.02. The van der Waals surface area contributed by atoms with Crippen molar-refractivity contribution in [2.24, 2.45) is 5.92 Å². The number of hydrogen-bond acceptors (Lipinski definition) is 7. The van der Waals surface area contributed by atoms with Crippen LogP contribution in [0.2, 0.25) is 0 Å². The molecule has 0 aliphatic heterocycles. The molecular weight excluding hydrogens is 274 g/mol. The van der Waals surface area contributed by atoms with E-state index < -0.39 is 0 Å². The summed E-state index contributed by atoms with van der Waals surface area (Å²) in [6.45, 7) is 1.97. The number of carbonyl (C=O) groups is 1. The van der Waals surface area contributed by atoms with E-state index in [1.165, 1.54) is 39.0 Å². The van der Waals surface area contributed by atoms with Crippen molar-refractivity contribution in [1.82, 2.24) is 20.3 Å². The van der Waals surface area contributed by atoms with Crippen LogP contribution >= 0.6 is 0 Å². The molecule has 0 aromatic carbocycles. The maximum Gasteiger partial charge on any atom is 0.251 e. The van der Waals surface area contributed by atoms with Crippen molar-refractivity contribution in [3.05, 3.63) is 0 Å². The van der Waals surface area contributed by atoms with Crippen LogP contribution in [-0.4, -0.2) is 32.8 Å². The number of amides is 1. The summed E-state index contributed by atoms with van der Waals surface area (Å²) in [7, 11) is 0. The van der Waals surface area contributed by atoms with Crippen LogP contribution in [0.3, 0.4) is 0 Å². The topological polar surface area (TPSA) is 103 Å². The molecule has 3 rings (SSSR count). The molecule has 2 aromatic heterocycles. The highest BCUT2D eigenvalue weighted by molar-refractivity contribution is 5.88. The number of carbonyl (C=O) groups excluding carboxylic acids is 1. The van der Waals surface area contributed by atoms with Crippen molar-refractivity contribution in [2.75, 3.05) is 11.9 Å². The number of aromatic nitrogens is 4. The van der Waals surface area contributed by atoms with Crippen molar-refractivity contribution in [3.63, 3.8) is 0 Å². The van der Waals surface area contributed by atoms with Crippen LogP contribution in [0.15, 0.2) is 4.63 Å². The van der Waals surface area contributed by atoms with Gasteiger partial charge in [-0.05, 0) is 29.1 Å². The largest absolute Gasteiger partial charge is 0.476 e. The Morgan fingerprint density at radius 1 is 1.29 bits per heavy atom. The van der Waals surface area contributed by atoms with E-state index in [-0.39, 0.29) is 17.5 Å². The monoisotopic (exact) mass is 291 g/mol. The molecule has 0 radical (unpaired) electrons. The standard InChI is InChI=1S/C13H17N5O3/c1-8(19)14-13-15-11-10(17-21-18-11)12(16-13)20-7-9-5-3-2-4-6-9/h9H,2-7H2,1H3,(H,14,15,18,19). The zero-order valence-corrected chi connectivity index (χ0v) is 11.8. The molecule has 0 atom stereocenters. The number of nitrogens with one attached hydrogen (secondary N) is 1. The van der Waals surface area contributed by atoms with E-state index in [1.54, 1.807) is 0 Å². The first-order valence-corrected chi connectivity index (χ1v) is 7.13. The number of rotatable bonds is 4. The van der Waals surface area contributed by atoms with Gasteiger partial charge in [-0.3, -0.25) is 10.1 Å². The minimum absolute atomic E-state index is 0.143. The molecule has 1 fully saturated rings. The van der Waals surface area contributed by atoms with Crippen molar-refractivity contribution >= 4 is 23.0 Å². The summed E-state index contributed by atoms with van der Waals surface area (Å²) < 4.78 is 10.4. The summed E-state index contributed by atoms with van der Waals surface area (Å²) in [4.78, 5) is 19.3. The summed E-state index contributed by atoms with van der Waals surface area (Å²) in [6.07, 6.45) is 6.13. The van der Waals surface area contributed by atoms with Gasteiger partial charge in [0, 0.05) is 6.92 Å². The van der Waals surface area contributed by atoms with E-state index >= 15 is 0 Å². The lowest BCUT2D eigenvalue weighted by Crippen LogP contribution is -2.16. The molecular formula is C13H17N5O3. The predicted octanol–water partition coefficient (Wildman–Crippen LogP) is 1.93. The van der Waals surface area contributed by atoms with E-state index in [0.29, 0.717) is 23.9 Å². The predicted molar refractivity (Wildman–Crippen MR) is 73.8 cm³/mol. The zero-order chi connectivity index (χ0) is 14.7. The molecule has 0 saturated heterocycles. The average molecular weight is 291 g/mol. The van der Waals surface area contributed by atoms with Gasteiger partial charge in [-0.1, -0.05) is 19.3 Å². The van der Waals surface area contributed by atoms with Gasteiger partial charge in [-0.2, -0.15) is 9.97 Å². The Hall–Kier alpha value is -2.25. The molecule has 2 aromatic rings. The van der Waals surface area contributed by atoms with Crippen molar-refractivity contribution < 1.29 is 14.2 Å². The number of anilines is 1. The maximum atomic E-state index is 11.1. The Balaban J connectivity index is 1.78. The highest BCUT2D eigenvalue weighted by Crippen LogP contribution is 2.26. The summed E-state index contributed by atoms with van der Waals surface area (Å²) in [5.41, 5.74) is 0.646. The van der Waals surface area contributed by atoms with E-state index in [9.17, 15) is 4.79 Å². The Morgan fingerprint density at radius 3 is 2.86 bits per heavy atom. The molecule has 112 valence electrons. The van der Waals surface area contributed by atoms with Gasteiger partial charge >= 0.3 is 0 Å². The van der Waals surface area contributed by atoms with Crippen LogP contribution in [0.1, 0.15) is 39.0 Å². The third-order valence-electron chi connectivity index (χ3n) is 3.56. The third-order valence-corrected chi connectivity index (χ3v) is 3.56. The molecule has 0 bridgehead atoms. The summed E-state index contributed by atoms with van der Waals surface area (Å²) in [5, 5.41) is 9.94. The Morgan fingerprint density at radius 2 is 2.10 bits per heavy atom. The Labute approximate surface area is 121 Å². The van der Waals surface area contributed by atoms with Gasteiger partial charge in [-0.15, -0.1) is 0 Å². The Bertz CT molecular complexity index is 636. The minimum atomic E-state index is -0.260. The molecule has 1 N–H and O–H groups in total. The summed E-state index contributed by atoms with van der Waals surface area (Å²) >= 11 is 0. The fourth-order valence-corrected chi connectivity index (χ4v) is 2.53. The molecule has 1 amide bonds. The minimum Gasteiger partial charge on any atom is -0.476 e. The Kier molecular flexibility index (Phi) is 3.94. The fourth-order valence-electron chi connectivity index (χ4n) is 2.53. The summed E-state index contributed by atoms with van der Waals surface area (Å²) in [6, 6.07) is 0. The van der Waals surface area contributed by atoms with Gasteiger partial charge in [0.05, 0.1) is 6.61 Å². The van der Waals surface area contributed by atoms with Crippen molar-refractivity contribution in [1.29, 1.82) is 0 Å².